The van der Waals surface area contributed by atoms with E-state index in [0.717, 1.165) is 19.7 Å². The van der Waals surface area contributed by atoms with Gasteiger partial charge in [0.25, 0.3) is 5.91 Å². The Bertz CT molecular complexity index is 1080. The highest BCUT2D eigenvalue weighted by Gasteiger charge is 2.17. The fourth-order valence-electron chi connectivity index (χ4n) is 2.47. The number of carbonyl (C=O) groups excluding carboxylic acids is 1. The number of carbonyl (C=O) groups is 1. The molecule has 132 valence electrons. The number of rotatable bonds is 5. The van der Waals surface area contributed by atoms with Gasteiger partial charge < -0.3 is 9.15 Å². The lowest BCUT2D eigenvalue weighted by Crippen LogP contribution is -2.10. The van der Waals surface area contributed by atoms with E-state index in [1.807, 2.05) is 42.6 Å². The Labute approximate surface area is 165 Å². The van der Waals surface area contributed by atoms with E-state index in [2.05, 4.69) is 26.2 Å². The van der Waals surface area contributed by atoms with Gasteiger partial charge in [0.05, 0.1) is 21.0 Å². The number of thiophene rings is 1. The summed E-state index contributed by atoms with van der Waals surface area (Å²) in [6.45, 7) is 2.43. The summed E-state index contributed by atoms with van der Waals surface area (Å²) >= 11 is 6.41. The second kappa shape index (κ2) is 7.22. The summed E-state index contributed by atoms with van der Waals surface area (Å²) in [6.07, 6.45) is 0. The second-order valence-electron chi connectivity index (χ2n) is 5.31. The van der Waals surface area contributed by atoms with Gasteiger partial charge in [0.15, 0.2) is 22.2 Å². The zero-order chi connectivity index (χ0) is 18.1. The third kappa shape index (κ3) is 3.40. The first-order chi connectivity index (χ1) is 12.6. The third-order valence-corrected chi connectivity index (χ3v) is 5.99. The van der Waals surface area contributed by atoms with Crippen LogP contribution in [0, 0.1) is 0 Å². The maximum absolute atomic E-state index is 12.5. The number of anilines is 1. The summed E-state index contributed by atoms with van der Waals surface area (Å²) in [5, 5.41) is 6.06. The molecule has 0 saturated heterocycles. The van der Waals surface area contributed by atoms with E-state index in [9.17, 15) is 4.79 Å². The van der Waals surface area contributed by atoms with E-state index >= 15 is 0 Å². The minimum absolute atomic E-state index is 0.225. The summed E-state index contributed by atoms with van der Waals surface area (Å²) < 4.78 is 12.3. The van der Waals surface area contributed by atoms with Crippen molar-refractivity contribution >= 4 is 60.6 Å². The van der Waals surface area contributed by atoms with Crippen LogP contribution >= 0.6 is 38.6 Å². The van der Waals surface area contributed by atoms with Crippen LogP contribution in [0.3, 0.4) is 0 Å². The third-order valence-electron chi connectivity index (χ3n) is 3.58. The van der Waals surface area contributed by atoms with E-state index in [1.54, 1.807) is 17.4 Å². The zero-order valence-electron chi connectivity index (χ0n) is 13.6. The lowest BCUT2D eigenvalue weighted by atomic mass is 10.2. The van der Waals surface area contributed by atoms with Crippen LogP contribution in [0.1, 0.15) is 17.5 Å². The van der Waals surface area contributed by atoms with E-state index in [0.29, 0.717) is 23.1 Å². The molecule has 0 aliphatic carbocycles. The van der Waals surface area contributed by atoms with Crippen LogP contribution in [0.25, 0.3) is 21.5 Å². The molecule has 0 radical (unpaired) electrons. The van der Waals surface area contributed by atoms with Crippen molar-refractivity contribution in [2.45, 2.75) is 6.92 Å². The standard InChI is InChI=1S/C18H13BrN2O3S2/c1-2-23-12-5-3-4-10-8-13(24-16(10)12)17(22)21-18-20-11(9-25-18)14-6-7-15(19)26-14/h3-9H,2H2,1H3,(H,20,21,22). The molecule has 26 heavy (non-hydrogen) atoms. The van der Waals surface area contributed by atoms with Gasteiger partial charge in [0, 0.05) is 10.8 Å². The minimum atomic E-state index is -0.336. The number of thiazole rings is 1. The van der Waals surface area contributed by atoms with E-state index < -0.39 is 0 Å². The van der Waals surface area contributed by atoms with Crippen molar-refractivity contribution in [1.29, 1.82) is 0 Å². The Hall–Kier alpha value is -2.16. The zero-order valence-corrected chi connectivity index (χ0v) is 16.8. The van der Waals surface area contributed by atoms with Gasteiger partial charge in [-0.15, -0.1) is 22.7 Å². The molecule has 3 heterocycles. The van der Waals surface area contributed by atoms with Gasteiger partial charge in [-0.3, -0.25) is 10.1 Å². The Morgan fingerprint density at radius 3 is 3.00 bits per heavy atom. The van der Waals surface area contributed by atoms with Crippen LogP contribution in [0.15, 0.2) is 50.0 Å². The fourth-order valence-corrected chi connectivity index (χ4v) is 4.60. The maximum atomic E-state index is 12.5. The molecule has 0 aliphatic heterocycles. The number of nitrogens with one attached hydrogen (secondary N) is 1. The monoisotopic (exact) mass is 448 g/mol. The molecular formula is C18H13BrN2O3S2. The molecule has 3 aromatic heterocycles. The van der Waals surface area contributed by atoms with Gasteiger partial charge in [-0.1, -0.05) is 12.1 Å². The first kappa shape index (κ1) is 17.3. The number of hydrogen-bond acceptors (Lipinski definition) is 6. The molecule has 8 heteroatoms. The molecule has 0 fully saturated rings. The number of fused-ring (bicyclic) bond motifs is 1. The number of hydrogen-bond donors (Lipinski definition) is 1. The van der Waals surface area contributed by atoms with Gasteiger partial charge in [-0.2, -0.15) is 0 Å². The first-order valence-electron chi connectivity index (χ1n) is 7.82. The highest BCUT2D eigenvalue weighted by molar-refractivity contribution is 9.11. The number of nitrogens with zero attached hydrogens (tertiary/aromatic N) is 1. The van der Waals surface area contributed by atoms with Gasteiger partial charge in [-0.05, 0) is 47.1 Å². The van der Waals surface area contributed by atoms with E-state index in [-0.39, 0.29) is 11.7 Å². The van der Waals surface area contributed by atoms with E-state index in [4.69, 9.17) is 9.15 Å². The van der Waals surface area contributed by atoms with Crippen LogP contribution in [-0.4, -0.2) is 17.5 Å². The minimum Gasteiger partial charge on any atom is -0.490 e. The van der Waals surface area contributed by atoms with E-state index in [1.165, 1.54) is 11.3 Å². The molecule has 4 rings (SSSR count). The van der Waals surface area contributed by atoms with Gasteiger partial charge in [0.1, 0.15) is 0 Å². The largest absolute Gasteiger partial charge is 0.490 e. The number of ether oxygens (including phenoxy) is 1. The average molecular weight is 449 g/mol. The number of halogens is 1. The predicted molar refractivity (Wildman–Crippen MR) is 108 cm³/mol. The van der Waals surface area contributed by atoms with Crippen molar-refractivity contribution in [2.75, 3.05) is 11.9 Å². The molecule has 0 aliphatic rings. The molecule has 4 aromatic rings. The quantitative estimate of drug-likeness (QED) is 0.404. The molecule has 1 aromatic carbocycles. The number of furan rings is 1. The highest BCUT2D eigenvalue weighted by atomic mass is 79.9. The Morgan fingerprint density at radius 1 is 1.35 bits per heavy atom. The fraction of sp³-hybridized carbons (Fsp3) is 0.111. The summed E-state index contributed by atoms with van der Waals surface area (Å²) in [6, 6.07) is 11.2. The first-order valence-corrected chi connectivity index (χ1v) is 10.3. The molecule has 0 atom stereocenters. The number of para-hydroxylation sites is 1. The maximum Gasteiger partial charge on any atom is 0.293 e. The van der Waals surface area contributed by atoms with Crippen LogP contribution < -0.4 is 10.1 Å². The van der Waals surface area contributed by atoms with Crippen molar-refractivity contribution in [3.63, 3.8) is 0 Å². The molecular weight excluding hydrogens is 436 g/mol. The molecule has 1 N–H and O–H groups in total. The Balaban J connectivity index is 1.56. The van der Waals surface area contributed by atoms with Crippen LogP contribution in [-0.2, 0) is 0 Å². The summed E-state index contributed by atoms with van der Waals surface area (Å²) in [5.74, 6) is 0.517. The lowest BCUT2D eigenvalue weighted by molar-refractivity contribution is 0.0998. The normalized spacial score (nSPS) is 11.0. The summed E-state index contributed by atoms with van der Waals surface area (Å²) in [7, 11) is 0. The number of aromatic nitrogens is 1. The van der Waals surface area contributed by atoms with Crippen molar-refractivity contribution in [3.8, 4) is 16.3 Å². The number of amides is 1. The second-order valence-corrected chi connectivity index (χ2v) is 8.64. The predicted octanol–water partition coefficient (Wildman–Crippen LogP) is 6.03. The topological polar surface area (TPSA) is 64.4 Å². The number of benzene rings is 1. The molecule has 1 amide bonds. The molecule has 0 saturated carbocycles. The van der Waals surface area contributed by atoms with Crippen molar-refractivity contribution in [3.05, 3.63) is 51.3 Å². The Morgan fingerprint density at radius 2 is 2.23 bits per heavy atom. The smallest absolute Gasteiger partial charge is 0.293 e. The molecule has 0 spiro atoms. The van der Waals surface area contributed by atoms with Crippen molar-refractivity contribution in [2.24, 2.45) is 0 Å². The van der Waals surface area contributed by atoms with Crippen LogP contribution in [0.4, 0.5) is 5.13 Å². The SMILES string of the molecule is CCOc1cccc2cc(C(=O)Nc3nc(-c4ccc(Br)s4)cs3)oc12. The lowest BCUT2D eigenvalue weighted by Gasteiger charge is -2.02. The molecule has 0 bridgehead atoms. The molecule has 5 nitrogen and oxygen atoms in total. The molecule has 0 unspecified atom stereocenters. The summed E-state index contributed by atoms with van der Waals surface area (Å²) in [4.78, 5) is 18.0. The van der Waals surface area contributed by atoms with Crippen molar-refractivity contribution in [1.82, 2.24) is 4.98 Å². The van der Waals surface area contributed by atoms with Gasteiger partial charge in [-0.25, -0.2) is 4.98 Å². The average Bonchev–Trinajstić information content (AvgIpc) is 3.34. The van der Waals surface area contributed by atoms with Crippen LogP contribution in [0.5, 0.6) is 5.75 Å². The highest BCUT2D eigenvalue weighted by Crippen LogP contribution is 2.33. The summed E-state index contributed by atoms with van der Waals surface area (Å²) in [5.41, 5.74) is 1.41. The van der Waals surface area contributed by atoms with Crippen molar-refractivity contribution < 1.29 is 13.9 Å². The Kier molecular flexibility index (Phi) is 4.80. The van der Waals surface area contributed by atoms with Gasteiger partial charge >= 0.3 is 0 Å². The van der Waals surface area contributed by atoms with Gasteiger partial charge in [0.2, 0.25) is 0 Å². The van der Waals surface area contributed by atoms with Crippen LogP contribution in [0.2, 0.25) is 0 Å².